The van der Waals surface area contributed by atoms with Gasteiger partial charge in [0.05, 0.1) is 37.0 Å². The van der Waals surface area contributed by atoms with Crippen LogP contribution < -0.4 is 28.7 Å². The standard InChI is InChI=1S/C25H48FN5O11/c1-8-16(33)18(35)14(6-27)38-23(8)41-21-15(7-32)39-25(19(21)36)42-22-17(34)10(29)4-11(30)20(22)40-24-9(28)2-3-13(37-24)12(31)5-26/h8-25,32-36H,2-7,27-31H2,1H3. The van der Waals surface area contributed by atoms with E-state index < -0.39 is 123 Å². The summed E-state index contributed by atoms with van der Waals surface area (Å²) in [5, 5.41) is 52.8. The minimum absolute atomic E-state index is 0.0972. The van der Waals surface area contributed by atoms with E-state index in [0.717, 1.165) is 0 Å². The number of hydrogen-bond donors (Lipinski definition) is 10. The van der Waals surface area contributed by atoms with E-state index in [1.54, 1.807) is 6.92 Å². The minimum atomic E-state index is -1.51. The van der Waals surface area contributed by atoms with Crippen LogP contribution in [0.15, 0.2) is 0 Å². The Kier molecular flexibility index (Phi) is 11.9. The Morgan fingerprint density at radius 1 is 0.762 bits per heavy atom. The average molecular weight is 614 g/mol. The first-order chi connectivity index (χ1) is 19.9. The monoisotopic (exact) mass is 613 g/mol. The predicted octanol–water partition coefficient (Wildman–Crippen LogP) is -5.19. The summed E-state index contributed by atoms with van der Waals surface area (Å²) in [7, 11) is 0. The van der Waals surface area contributed by atoms with Crippen molar-refractivity contribution in [3.8, 4) is 0 Å². The van der Waals surface area contributed by atoms with E-state index in [2.05, 4.69) is 0 Å². The van der Waals surface area contributed by atoms with Gasteiger partial charge in [0.1, 0.15) is 49.4 Å². The number of aliphatic hydroxyl groups excluding tert-OH is 5. The summed E-state index contributed by atoms with van der Waals surface area (Å²) in [5.41, 5.74) is 30.2. The highest BCUT2D eigenvalue weighted by Gasteiger charge is 2.53. The zero-order valence-electron chi connectivity index (χ0n) is 23.6. The smallest absolute Gasteiger partial charge is 0.187 e. The number of halogens is 1. The molecule has 42 heavy (non-hydrogen) atoms. The van der Waals surface area contributed by atoms with E-state index in [0.29, 0.717) is 12.8 Å². The molecule has 16 nitrogen and oxygen atoms in total. The molecule has 0 aromatic heterocycles. The van der Waals surface area contributed by atoms with Crippen molar-refractivity contribution < 1.29 is 58.3 Å². The summed E-state index contributed by atoms with van der Waals surface area (Å²) in [6.45, 7) is 0.112. The maximum Gasteiger partial charge on any atom is 0.187 e. The highest BCUT2D eigenvalue weighted by molar-refractivity contribution is 5.01. The third-order valence-electron chi connectivity index (χ3n) is 8.75. The highest BCUT2D eigenvalue weighted by Crippen LogP contribution is 2.35. The van der Waals surface area contributed by atoms with E-state index in [9.17, 15) is 29.9 Å². The molecule has 17 heteroatoms. The second kappa shape index (κ2) is 14.6. The number of ether oxygens (including phenoxy) is 6. The SMILES string of the molecule is CC1C(OC2C(CO)OC(OC3C(O)C(N)CC(N)C3OC3OC(C(N)CF)CCC3N)C2O)OC(CN)C(O)C1O. The molecule has 18 atom stereocenters. The van der Waals surface area contributed by atoms with Crippen LogP contribution in [0.25, 0.3) is 0 Å². The van der Waals surface area contributed by atoms with Gasteiger partial charge >= 0.3 is 0 Å². The van der Waals surface area contributed by atoms with Crippen molar-refractivity contribution in [3.05, 3.63) is 0 Å². The van der Waals surface area contributed by atoms with Gasteiger partial charge < -0.3 is 82.6 Å². The molecule has 3 saturated heterocycles. The molecule has 0 aromatic rings. The zero-order chi connectivity index (χ0) is 30.9. The van der Waals surface area contributed by atoms with Crippen molar-refractivity contribution in [2.24, 2.45) is 34.6 Å². The Labute approximate surface area is 243 Å². The molecule has 18 unspecified atom stereocenters. The van der Waals surface area contributed by atoms with Gasteiger partial charge in [0.15, 0.2) is 18.9 Å². The fraction of sp³-hybridized carbons (Fsp3) is 1.00. The molecule has 3 aliphatic heterocycles. The van der Waals surface area contributed by atoms with Crippen molar-refractivity contribution in [3.63, 3.8) is 0 Å². The van der Waals surface area contributed by atoms with Gasteiger partial charge in [-0.25, -0.2) is 4.39 Å². The third-order valence-corrected chi connectivity index (χ3v) is 8.75. The topological polar surface area (TPSA) is 287 Å². The number of alkyl halides is 1. The van der Waals surface area contributed by atoms with Gasteiger partial charge in [-0.05, 0) is 19.3 Å². The summed E-state index contributed by atoms with van der Waals surface area (Å²) < 4.78 is 48.6. The summed E-state index contributed by atoms with van der Waals surface area (Å²) in [5.74, 6) is -0.725. The molecule has 0 radical (unpaired) electrons. The molecule has 0 spiro atoms. The van der Waals surface area contributed by atoms with Gasteiger partial charge in [0.25, 0.3) is 0 Å². The van der Waals surface area contributed by atoms with Crippen LogP contribution in [0.3, 0.4) is 0 Å². The fourth-order valence-corrected chi connectivity index (χ4v) is 6.00. The molecule has 0 amide bonds. The molecule has 4 fully saturated rings. The van der Waals surface area contributed by atoms with E-state index in [1.807, 2.05) is 0 Å². The first kappa shape index (κ1) is 34.2. The molecule has 1 aliphatic carbocycles. The lowest BCUT2D eigenvalue weighted by Crippen LogP contribution is -2.65. The molecule has 0 aromatic carbocycles. The number of nitrogens with two attached hydrogens (primary N) is 5. The maximum absolute atomic E-state index is 13.2. The van der Waals surface area contributed by atoms with Gasteiger partial charge in [0, 0.05) is 24.5 Å². The summed E-state index contributed by atoms with van der Waals surface area (Å²) in [6.07, 6.45) is -14.0. The van der Waals surface area contributed by atoms with Gasteiger partial charge in [-0.2, -0.15) is 0 Å². The van der Waals surface area contributed by atoms with E-state index >= 15 is 0 Å². The third kappa shape index (κ3) is 7.07. The van der Waals surface area contributed by atoms with Crippen LogP contribution in [0, 0.1) is 5.92 Å². The molecule has 4 rings (SSSR count). The largest absolute Gasteiger partial charge is 0.394 e. The van der Waals surface area contributed by atoms with E-state index in [1.165, 1.54) is 0 Å². The highest BCUT2D eigenvalue weighted by atomic mass is 19.1. The van der Waals surface area contributed by atoms with Crippen molar-refractivity contribution in [2.75, 3.05) is 19.8 Å². The molecule has 3 heterocycles. The Morgan fingerprint density at radius 2 is 1.40 bits per heavy atom. The van der Waals surface area contributed by atoms with Crippen LogP contribution in [0.1, 0.15) is 26.2 Å². The summed E-state index contributed by atoms with van der Waals surface area (Å²) >= 11 is 0. The zero-order valence-corrected chi connectivity index (χ0v) is 23.6. The Morgan fingerprint density at radius 3 is 2.05 bits per heavy atom. The second-order valence-electron chi connectivity index (χ2n) is 11.8. The van der Waals surface area contributed by atoms with Gasteiger partial charge in [-0.1, -0.05) is 6.92 Å². The number of hydrogen-bond acceptors (Lipinski definition) is 16. The quantitative estimate of drug-likeness (QED) is 0.110. The second-order valence-corrected chi connectivity index (χ2v) is 11.8. The first-order valence-corrected chi connectivity index (χ1v) is 14.5. The summed E-state index contributed by atoms with van der Waals surface area (Å²) in [6, 6.07) is -3.03. The molecular formula is C25H48FN5O11. The van der Waals surface area contributed by atoms with Crippen LogP contribution in [0.5, 0.6) is 0 Å². The molecule has 4 aliphatic rings. The molecule has 246 valence electrons. The maximum atomic E-state index is 13.2. The van der Waals surface area contributed by atoms with Crippen LogP contribution in [-0.4, -0.2) is 149 Å². The molecule has 15 N–H and O–H groups in total. The van der Waals surface area contributed by atoms with Crippen LogP contribution in [0.2, 0.25) is 0 Å². The minimum Gasteiger partial charge on any atom is -0.394 e. The van der Waals surface area contributed by atoms with Gasteiger partial charge in [0.2, 0.25) is 0 Å². The lowest BCUT2D eigenvalue weighted by molar-refractivity contribution is -0.297. The fourth-order valence-electron chi connectivity index (χ4n) is 6.00. The van der Waals surface area contributed by atoms with Gasteiger partial charge in [-0.15, -0.1) is 0 Å². The van der Waals surface area contributed by atoms with Crippen LogP contribution in [0.4, 0.5) is 4.39 Å². The van der Waals surface area contributed by atoms with Crippen molar-refractivity contribution in [1.29, 1.82) is 0 Å². The average Bonchev–Trinajstić information content (AvgIpc) is 3.27. The molecule has 1 saturated carbocycles. The van der Waals surface area contributed by atoms with Gasteiger partial charge in [-0.3, -0.25) is 0 Å². The van der Waals surface area contributed by atoms with E-state index in [-0.39, 0.29) is 13.0 Å². The van der Waals surface area contributed by atoms with Crippen molar-refractivity contribution in [1.82, 2.24) is 0 Å². The normalized spacial score (nSPS) is 51.0. The summed E-state index contributed by atoms with van der Waals surface area (Å²) in [4.78, 5) is 0. The number of rotatable bonds is 10. The Hall–Kier alpha value is -0.710. The van der Waals surface area contributed by atoms with E-state index in [4.69, 9.17) is 57.1 Å². The van der Waals surface area contributed by atoms with Crippen molar-refractivity contribution in [2.45, 2.75) is 130 Å². The lowest BCUT2D eigenvalue weighted by atomic mass is 9.84. The lowest BCUT2D eigenvalue weighted by Gasteiger charge is -2.46. The number of aliphatic hydroxyl groups is 5. The molecular weight excluding hydrogens is 565 g/mol. The van der Waals surface area contributed by atoms with Crippen molar-refractivity contribution >= 4 is 0 Å². The van der Waals surface area contributed by atoms with Crippen LogP contribution >= 0.6 is 0 Å². The molecule has 0 bridgehead atoms. The first-order valence-electron chi connectivity index (χ1n) is 14.5. The van der Waals surface area contributed by atoms with Crippen LogP contribution in [-0.2, 0) is 28.4 Å². The predicted molar refractivity (Wildman–Crippen MR) is 142 cm³/mol. The Bertz CT molecular complexity index is 857. The Balaban J connectivity index is 1.48.